The maximum atomic E-state index is 12.2. The molecule has 0 spiro atoms. The largest absolute Gasteiger partial charge is 0.497 e. The monoisotopic (exact) mass is 295 g/mol. The van der Waals surface area contributed by atoms with Gasteiger partial charge in [-0.25, -0.2) is 4.98 Å². The van der Waals surface area contributed by atoms with Crippen LogP contribution < -0.4 is 15.6 Å². The summed E-state index contributed by atoms with van der Waals surface area (Å²) >= 11 is 0. The maximum absolute atomic E-state index is 12.2. The summed E-state index contributed by atoms with van der Waals surface area (Å²) in [7, 11) is 1.57. The summed E-state index contributed by atoms with van der Waals surface area (Å²) in [6.07, 6.45) is 1.35. The van der Waals surface area contributed by atoms with Crippen LogP contribution in [-0.2, 0) is 0 Å². The fourth-order valence-corrected chi connectivity index (χ4v) is 2.09. The van der Waals surface area contributed by atoms with Crippen LogP contribution in [-0.4, -0.2) is 23.0 Å². The molecule has 0 atom stereocenters. The number of fused-ring (bicyclic) bond motifs is 1. The Bertz CT molecular complexity index is 885. The van der Waals surface area contributed by atoms with Crippen molar-refractivity contribution in [2.75, 3.05) is 12.4 Å². The van der Waals surface area contributed by atoms with Crippen LogP contribution in [0.3, 0.4) is 0 Å². The molecule has 1 amide bonds. The molecule has 0 saturated heterocycles. The van der Waals surface area contributed by atoms with Crippen LogP contribution in [0.25, 0.3) is 10.9 Å². The van der Waals surface area contributed by atoms with Gasteiger partial charge in [0.2, 0.25) is 0 Å². The van der Waals surface area contributed by atoms with Crippen molar-refractivity contribution in [2.45, 2.75) is 0 Å². The molecule has 1 heterocycles. The summed E-state index contributed by atoms with van der Waals surface area (Å²) in [4.78, 5) is 30.5. The number of hydrogen-bond acceptors (Lipinski definition) is 4. The smallest absolute Gasteiger partial charge is 0.258 e. The molecule has 22 heavy (non-hydrogen) atoms. The Balaban J connectivity index is 1.87. The number of anilines is 1. The molecule has 6 heteroatoms. The molecule has 0 saturated carbocycles. The van der Waals surface area contributed by atoms with Crippen molar-refractivity contribution in [3.8, 4) is 5.75 Å². The van der Waals surface area contributed by atoms with Crippen LogP contribution in [0.1, 0.15) is 10.4 Å². The number of H-pyrrole nitrogens is 1. The van der Waals surface area contributed by atoms with E-state index < -0.39 is 0 Å². The van der Waals surface area contributed by atoms with E-state index in [2.05, 4.69) is 15.3 Å². The third-order valence-corrected chi connectivity index (χ3v) is 3.25. The Morgan fingerprint density at radius 1 is 1.18 bits per heavy atom. The molecule has 0 aliphatic carbocycles. The molecule has 0 aliphatic rings. The molecule has 0 radical (unpaired) electrons. The fourth-order valence-electron chi connectivity index (χ4n) is 2.09. The van der Waals surface area contributed by atoms with Crippen molar-refractivity contribution >= 4 is 22.5 Å². The minimum Gasteiger partial charge on any atom is -0.497 e. The van der Waals surface area contributed by atoms with Crippen molar-refractivity contribution in [3.05, 3.63) is 64.7 Å². The Kier molecular flexibility index (Phi) is 3.57. The van der Waals surface area contributed by atoms with E-state index in [1.807, 2.05) is 0 Å². The third kappa shape index (κ3) is 2.67. The Hall–Kier alpha value is -3.15. The third-order valence-electron chi connectivity index (χ3n) is 3.25. The van der Waals surface area contributed by atoms with Crippen LogP contribution in [0, 0.1) is 0 Å². The lowest BCUT2D eigenvalue weighted by atomic mass is 10.2. The number of hydrogen-bond donors (Lipinski definition) is 2. The molecule has 0 fully saturated rings. The summed E-state index contributed by atoms with van der Waals surface area (Å²) in [6, 6.07) is 11.8. The second-order valence-electron chi connectivity index (χ2n) is 4.65. The van der Waals surface area contributed by atoms with Crippen LogP contribution in [0.2, 0.25) is 0 Å². The number of carbonyl (C=O) groups is 1. The lowest BCUT2D eigenvalue weighted by molar-refractivity contribution is 0.102. The predicted octanol–water partition coefficient (Wildman–Crippen LogP) is 2.18. The second kappa shape index (κ2) is 5.69. The number of nitrogens with one attached hydrogen (secondary N) is 2. The molecular formula is C16H13N3O3. The zero-order valence-electron chi connectivity index (χ0n) is 11.8. The molecule has 6 nitrogen and oxygen atoms in total. The molecule has 1 aromatic heterocycles. The summed E-state index contributed by atoms with van der Waals surface area (Å²) in [6.45, 7) is 0. The minimum atomic E-state index is -0.262. The Morgan fingerprint density at radius 3 is 2.68 bits per heavy atom. The van der Waals surface area contributed by atoms with E-state index in [4.69, 9.17) is 4.74 Å². The van der Waals surface area contributed by atoms with Gasteiger partial charge in [-0.1, -0.05) is 0 Å². The molecule has 0 bridgehead atoms. The number of rotatable bonds is 3. The summed E-state index contributed by atoms with van der Waals surface area (Å²) in [5.41, 5.74) is 1.37. The molecule has 2 N–H and O–H groups in total. The molecule has 3 aromatic rings. The van der Waals surface area contributed by atoms with Crippen molar-refractivity contribution < 1.29 is 9.53 Å². The first-order chi connectivity index (χ1) is 10.7. The summed E-state index contributed by atoms with van der Waals surface area (Å²) in [5, 5.41) is 3.18. The number of aromatic amines is 1. The van der Waals surface area contributed by atoms with E-state index in [0.717, 1.165) is 0 Å². The first-order valence-electron chi connectivity index (χ1n) is 6.60. The topological polar surface area (TPSA) is 84.1 Å². The highest BCUT2D eigenvalue weighted by molar-refractivity contribution is 6.05. The lowest BCUT2D eigenvalue weighted by Gasteiger charge is -2.07. The van der Waals surface area contributed by atoms with E-state index in [0.29, 0.717) is 27.9 Å². The van der Waals surface area contributed by atoms with Crippen LogP contribution in [0.15, 0.2) is 53.6 Å². The number of benzene rings is 2. The number of ether oxygens (including phenoxy) is 1. The zero-order valence-corrected chi connectivity index (χ0v) is 11.8. The van der Waals surface area contributed by atoms with E-state index in [-0.39, 0.29) is 11.5 Å². The zero-order chi connectivity index (χ0) is 15.5. The first kappa shape index (κ1) is 13.8. The molecule has 0 unspecified atom stereocenters. The van der Waals surface area contributed by atoms with Crippen molar-refractivity contribution in [1.29, 1.82) is 0 Å². The minimum absolute atomic E-state index is 0.245. The van der Waals surface area contributed by atoms with Crippen molar-refractivity contribution in [2.24, 2.45) is 0 Å². The Labute approximate surface area is 125 Å². The molecule has 0 aliphatic heterocycles. The van der Waals surface area contributed by atoms with Crippen LogP contribution in [0.5, 0.6) is 5.75 Å². The number of nitrogens with zero attached hydrogens (tertiary/aromatic N) is 1. The summed E-state index contributed by atoms with van der Waals surface area (Å²) in [5.74, 6) is 0.419. The number of carbonyl (C=O) groups excluding carboxylic acids is 1. The fraction of sp³-hybridized carbons (Fsp3) is 0.0625. The van der Waals surface area contributed by atoms with Gasteiger partial charge in [-0.15, -0.1) is 0 Å². The SMILES string of the molecule is COc1ccc(C(=O)Nc2ccc3nc[nH]c(=O)c3c2)cc1. The van der Waals surface area contributed by atoms with Gasteiger partial charge in [0.25, 0.3) is 11.5 Å². The number of aromatic nitrogens is 2. The van der Waals surface area contributed by atoms with Crippen LogP contribution >= 0.6 is 0 Å². The van der Waals surface area contributed by atoms with Gasteiger partial charge >= 0.3 is 0 Å². The van der Waals surface area contributed by atoms with Gasteiger partial charge in [0.05, 0.1) is 24.3 Å². The predicted molar refractivity (Wildman–Crippen MR) is 83.3 cm³/mol. The van der Waals surface area contributed by atoms with Gasteiger partial charge in [0.15, 0.2) is 0 Å². The number of amides is 1. The highest BCUT2D eigenvalue weighted by atomic mass is 16.5. The highest BCUT2D eigenvalue weighted by Crippen LogP contribution is 2.16. The van der Waals surface area contributed by atoms with Crippen molar-refractivity contribution in [3.63, 3.8) is 0 Å². The first-order valence-corrected chi connectivity index (χ1v) is 6.60. The van der Waals surface area contributed by atoms with Gasteiger partial charge < -0.3 is 15.0 Å². The van der Waals surface area contributed by atoms with E-state index >= 15 is 0 Å². The highest BCUT2D eigenvalue weighted by Gasteiger charge is 2.08. The van der Waals surface area contributed by atoms with Crippen molar-refractivity contribution in [1.82, 2.24) is 9.97 Å². The lowest BCUT2D eigenvalue weighted by Crippen LogP contribution is -2.13. The van der Waals surface area contributed by atoms with Gasteiger partial charge in [-0.05, 0) is 42.5 Å². The molecule has 3 rings (SSSR count). The van der Waals surface area contributed by atoms with E-state index in [1.165, 1.54) is 6.33 Å². The van der Waals surface area contributed by atoms with Crippen LogP contribution in [0.4, 0.5) is 5.69 Å². The van der Waals surface area contributed by atoms with Gasteiger partial charge in [0, 0.05) is 11.3 Å². The number of methoxy groups -OCH3 is 1. The molecular weight excluding hydrogens is 282 g/mol. The van der Waals surface area contributed by atoms with Gasteiger partial charge in [0.1, 0.15) is 5.75 Å². The normalized spacial score (nSPS) is 10.4. The maximum Gasteiger partial charge on any atom is 0.258 e. The quantitative estimate of drug-likeness (QED) is 0.775. The standard InChI is InChI=1S/C16H13N3O3/c1-22-12-5-2-10(3-6-12)15(20)19-11-4-7-14-13(8-11)16(21)18-9-17-14/h2-9H,1H3,(H,19,20)(H,17,18,21). The van der Waals surface area contributed by atoms with Gasteiger partial charge in [-0.2, -0.15) is 0 Å². The Morgan fingerprint density at radius 2 is 1.95 bits per heavy atom. The average Bonchev–Trinajstić information content (AvgIpc) is 2.55. The van der Waals surface area contributed by atoms with E-state index in [1.54, 1.807) is 49.6 Å². The molecule has 110 valence electrons. The second-order valence-corrected chi connectivity index (χ2v) is 4.65. The summed E-state index contributed by atoms with van der Waals surface area (Å²) < 4.78 is 5.05. The molecule has 2 aromatic carbocycles. The average molecular weight is 295 g/mol. The van der Waals surface area contributed by atoms with Gasteiger partial charge in [-0.3, -0.25) is 9.59 Å². The van der Waals surface area contributed by atoms with E-state index in [9.17, 15) is 9.59 Å².